The fraction of sp³-hybridized carbons (Fsp3) is 0.412. The largest absolute Gasteiger partial charge is 0.452 e. The zero-order valence-corrected chi connectivity index (χ0v) is 16.3. The van der Waals surface area contributed by atoms with Gasteiger partial charge in [-0.15, -0.1) is 0 Å². The molecule has 1 aliphatic heterocycles. The van der Waals surface area contributed by atoms with Gasteiger partial charge in [-0.3, -0.25) is 4.79 Å². The molecule has 2 rings (SSSR count). The van der Waals surface area contributed by atoms with Crippen LogP contribution < -0.4 is 0 Å². The van der Waals surface area contributed by atoms with Crippen LogP contribution >= 0.6 is 15.9 Å². The van der Waals surface area contributed by atoms with Gasteiger partial charge >= 0.3 is 5.97 Å². The number of amides is 1. The molecular formula is C17H20BrNO5S. The Morgan fingerprint density at radius 1 is 1.32 bits per heavy atom. The number of carbonyl (C=O) groups is 2. The van der Waals surface area contributed by atoms with Gasteiger partial charge in [0.15, 0.2) is 16.4 Å². The monoisotopic (exact) mass is 429 g/mol. The lowest BCUT2D eigenvalue weighted by Crippen LogP contribution is -2.43. The van der Waals surface area contributed by atoms with Gasteiger partial charge < -0.3 is 9.64 Å². The standard InChI is InChI=1S/C17H20BrNO5S/c1-2-19(15-9-10-25(22,23)12-15)16(20)11-24-17(21)8-5-13-3-6-14(18)7-4-13/h3-8,15H,2,9-12H2,1H3/b8-5+. The fourth-order valence-electron chi connectivity index (χ4n) is 2.66. The SMILES string of the molecule is CCN(C(=O)COC(=O)/C=C/c1ccc(Br)cc1)C1CCS(=O)(=O)C1. The Labute approximate surface area is 155 Å². The molecule has 1 heterocycles. The van der Waals surface area contributed by atoms with E-state index in [4.69, 9.17) is 4.74 Å². The summed E-state index contributed by atoms with van der Waals surface area (Å²) in [5.74, 6) is -0.928. The Balaban J connectivity index is 1.85. The summed E-state index contributed by atoms with van der Waals surface area (Å²) >= 11 is 3.33. The number of hydrogen-bond donors (Lipinski definition) is 0. The minimum Gasteiger partial charge on any atom is -0.452 e. The number of rotatable bonds is 6. The zero-order chi connectivity index (χ0) is 18.4. The highest BCUT2D eigenvalue weighted by atomic mass is 79.9. The van der Waals surface area contributed by atoms with E-state index in [1.807, 2.05) is 24.3 Å². The van der Waals surface area contributed by atoms with E-state index in [-0.39, 0.29) is 23.5 Å². The number of benzene rings is 1. The molecule has 0 bridgehead atoms. The van der Waals surface area contributed by atoms with Crippen molar-refractivity contribution in [3.63, 3.8) is 0 Å². The van der Waals surface area contributed by atoms with Crippen molar-refractivity contribution in [2.75, 3.05) is 24.7 Å². The molecule has 0 radical (unpaired) electrons. The van der Waals surface area contributed by atoms with Crippen molar-refractivity contribution in [1.82, 2.24) is 4.90 Å². The first-order valence-corrected chi connectivity index (χ1v) is 10.5. The van der Waals surface area contributed by atoms with Gasteiger partial charge in [0.1, 0.15) is 0 Å². The van der Waals surface area contributed by atoms with Crippen LogP contribution in [-0.2, 0) is 24.2 Å². The van der Waals surface area contributed by atoms with E-state index in [1.165, 1.54) is 11.0 Å². The van der Waals surface area contributed by atoms with Gasteiger partial charge in [-0.2, -0.15) is 0 Å². The molecule has 136 valence electrons. The summed E-state index contributed by atoms with van der Waals surface area (Å²) < 4.78 is 29.0. The zero-order valence-electron chi connectivity index (χ0n) is 13.9. The molecule has 8 heteroatoms. The molecule has 0 N–H and O–H groups in total. The van der Waals surface area contributed by atoms with Crippen molar-refractivity contribution in [1.29, 1.82) is 0 Å². The molecular weight excluding hydrogens is 410 g/mol. The second-order valence-corrected chi connectivity index (χ2v) is 8.87. The third-order valence-corrected chi connectivity index (χ3v) is 6.21. The molecule has 6 nitrogen and oxygen atoms in total. The summed E-state index contributed by atoms with van der Waals surface area (Å²) in [6.07, 6.45) is 3.28. The average Bonchev–Trinajstić information content (AvgIpc) is 2.92. The first-order valence-electron chi connectivity index (χ1n) is 7.91. The quantitative estimate of drug-likeness (QED) is 0.510. The number of ether oxygens (including phenoxy) is 1. The van der Waals surface area contributed by atoms with E-state index in [9.17, 15) is 18.0 Å². The number of hydrogen-bond acceptors (Lipinski definition) is 5. The maximum Gasteiger partial charge on any atom is 0.331 e. The van der Waals surface area contributed by atoms with Crippen LogP contribution in [0.1, 0.15) is 18.9 Å². The lowest BCUT2D eigenvalue weighted by Gasteiger charge is -2.26. The van der Waals surface area contributed by atoms with Crippen molar-refractivity contribution < 1.29 is 22.7 Å². The highest BCUT2D eigenvalue weighted by Crippen LogP contribution is 2.18. The minimum atomic E-state index is -3.07. The van der Waals surface area contributed by atoms with Gasteiger partial charge in [-0.1, -0.05) is 28.1 Å². The predicted molar refractivity (Wildman–Crippen MR) is 98.6 cm³/mol. The molecule has 1 aliphatic rings. The Hall–Kier alpha value is -1.67. The molecule has 1 atom stereocenters. The highest BCUT2D eigenvalue weighted by molar-refractivity contribution is 9.10. The van der Waals surface area contributed by atoms with Gasteiger partial charge in [0.2, 0.25) is 0 Å². The summed E-state index contributed by atoms with van der Waals surface area (Å²) in [6.45, 7) is 1.76. The van der Waals surface area contributed by atoms with Gasteiger partial charge in [0.25, 0.3) is 5.91 Å². The minimum absolute atomic E-state index is 0.0238. The van der Waals surface area contributed by atoms with Crippen molar-refractivity contribution >= 4 is 43.7 Å². The molecule has 1 amide bonds. The maximum absolute atomic E-state index is 12.2. The number of sulfone groups is 1. The van der Waals surface area contributed by atoms with E-state index < -0.39 is 22.4 Å². The molecule has 1 aromatic carbocycles. The maximum atomic E-state index is 12.2. The second-order valence-electron chi connectivity index (χ2n) is 5.73. The predicted octanol–water partition coefficient (Wildman–Crippen LogP) is 2.04. The van der Waals surface area contributed by atoms with E-state index >= 15 is 0 Å². The van der Waals surface area contributed by atoms with Crippen LogP contribution in [0.3, 0.4) is 0 Å². The second kappa shape index (κ2) is 8.62. The van der Waals surface area contributed by atoms with E-state index in [0.717, 1.165) is 10.0 Å². The average molecular weight is 430 g/mol. The summed E-state index contributed by atoms with van der Waals surface area (Å²) in [5.41, 5.74) is 0.831. The number of likely N-dealkylation sites (N-methyl/N-ethyl adjacent to an activating group) is 1. The van der Waals surface area contributed by atoms with Crippen LogP contribution in [-0.4, -0.2) is 55.9 Å². The van der Waals surface area contributed by atoms with Gasteiger partial charge in [0.05, 0.1) is 11.5 Å². The number of esters is 1. The van der Waals surface area contributed by atoms with E-state index in [2.05, 4.69) is 15.9 Å². The van der Waals surface area contributed by atoms with Crippen LogP contribution in [0.15, 0.2) is 34.8 Å². The van der Waals surface area contributed by atoms with Crippen LogP contribution in [0, 0.1) is 0 Å². The third kappa shape index (κ3) is 5.97. The van der Waals surface area contributed by atoms with Gasteiger partial charge in [0, 0.05) is 23.1 Å². The molecule has 1 aromatic rings. The lowest BCUT2D eigenvalue weighted by molar-refractivity contribution is -0.149. The molecule has 0 spiro atoms. The summed E-state index contributed by atoms with van der Waals surface area (Å²) in [6, 6.07) is 7.03. The number of carbonyl (C=O) groups excluding carboxylic acids is 2. The Bertz CT molecular complexity index is 758. The number of nitrogens with zero attached hydrogens (tertiary/aromatic N) is 1. The smallest absolute Gasteiger partial charge is 0.331 e. The van der Waals surface area contributed by atoms with Crippen molar-refractivity contribution in [3.05, 3.63) is 40.4 Å². The van der Waals surface area contributed by atoms with E-state index in [0.29, 0.717) is 13.0 Å². The fourth-order valence-corrected chi connectivity index (χ4v) is 4.66. The van der Waals surface area contributed by atoms with Gasteiger partial charge in [-0.25, -0.2) is 13.2 Å². The molecule has 0 aromatic heterocycles. The third-order valence-electron chi connectivity index (χ3n) is 3.93. The Kier molecular flexibility index (Phi) is 6.78. The Morgan fingerprint density at radius 3 is 2.56 bits per heavy atom. The molecule has 1 saturated heterocycles. The normalized spacial score (nSPS) is 19.0. The first kappa shape index (κ1) is 19.7. The van der Waals surface area contributed by atoms with E-state index in [1.54, 1.807) is 13.0 Å². The van der Waals surface area contributed by atoms with Crippen molar-refractivity contribution in [2.24, 2.45) is 0 Å². The lowest BCUT2D eigenvalue weighted by atomic mass is 10.2. The van der Waals surface area contributed by atoms with Crippen molar-refractivity contribution in [3.8, 4) is 0 Å². The van der Waals surface area contributed by atoms with Crippen LogP contribution in [0.2, 0.25) is 0 Å². The van der Waals surface area contributed by atoms with Crippen molar-refractivity contribution in [2.45, 2.75) is 19.4 Å². The van der Waals surface area contributed by atoms with Crippen LogP contribution in [0.4, 0.5) is 0 Å². The summed E-state index contributed by atoms with van der Waals surface area (Å²) in [5, 5.41) is 0. The van der Waals surface area contributed by atoms with Gasteiger partial charge in [-0.05, 0) is 37.1 Å². The summed E-state index contributed by atoms with van der Waals surface area (Å²) in [7, 11) is -3.07. The highest BCUT2D eigenvalue weighted by Gasteiger charge is 2.34. The van der Waals surface area contributed by atoms with Crippen LogP contribution in [0.25, 0.3) is 6.08 Å². The molecule has 1 unspecified atom stereocenters. The number of halogens is 1. The van der Waals surface area contributed by atoms with Crippen LogP contribution in [0.5, 0.6) is 0 Å². The Morgan fingerprint density at radius 2 is 2.00 bits per heavy atom. The summed E-state index contributed by atoms with van der Waals surface area (Å²) in [4.78, 5) is 25.4. The molecule has 1 fully saturated rings. The molecule has 25 heavy (non-hydrogen) atoms. The topological polar surface area (TPSA) is 80.8 Å². The molecule has 0 saturated carbocycles. The molecule has 0 aliphatic carbocycles. The first-order chi connectivity index (χ1) is 11.8.